The largest absolute Gasteiger partial charge is 0.395 e. The first-order valence-corrected chi connectivity index (χ1v) is 8.75. The summed E-state index contributed by atoms with van der Waals surface area (Å²) >= 11 is 0. The summed E-state index contributed by atoms with van der Waals surface area (Å²) in [4.78, 5) is 16.9. The van der Waals surface area contributed by atoms with E-state index in [1.807, 2.05) is 48.0 Å². The fourth-order valence-electron chi connectivity index (χ4n) is 3.34. The van der Waals surface area contributed by atoms with Crippen molar-refractivity contribution in [3.63, 3.8) is 0 Å². The molecular formula is C19H30N2O3. The number of aliphatic hydroxyl groups is 1. The minimum atomic E-state index is -0.173. The lowest BCUT2D eigenvalue weighted by Crippen LogP contribution is -2.48. The number of carbonyl (C=O) groups is 1. The zero-order valence-electron chi connectivity index (χ0n) is 15.3. The molecule has 1 N–H and O–H groups in total. The normalized spacial score (nSPS) is 19.8. The fourth-order valence-corrected chi connectivity index (χ4v) is 3.34. The van der Waals surface area contributed by atoms with Crippen LogP contribution in [-0.4, -0.2) is 60.9 Å². The van der Waals surface area contributed by atoms with Crippen LogP contribution in [-0.2, 0) is 4.74 Å². The third kappa shape index (κ3) is 4.48. The Balaban J connectivity index is 2.10. The third-order valence-corrected chi connectivity index (χ3v) is 4.70. The Bertz CT molecular complexity index is 542. The summed E-state index contributed by atoms with van der Waals surface area (Å²) in [6.45, 7) is 8.29. The number of likely N-dealkylation sites (N-methyl/N-ethyl adjacent to an activating group) is 1. The van der Waals surface area contributed by atoms with Gasteiger partial charge in [0.2, 0.25) is 0 Å². The van der Waals surface area contributed by atoms with Crippen molar-refractivity contribution in [1.82, 2.24) is 4.90 Å². The molecule has 1 atom stereocenters. The van der Waals surface area contributed by atoms with Gasteiger partial charge in [-0.2, -0.15) is 0 Å². The predicted octanol–water partition coefficient (Wildman–Crippen LogP) is 2.53. The lowest BCUT2D eigenvalue weighted by Gasteiger charge is -2.41. The van der Waals surface area contributed by atoms with Gasteiger partial charge in [-0.25, -0.2) is 0 Å². The second-order valence-corrected chi connectivity index (χ2v) is 7.04. The smallest absolute Gasteiger partial charge is 0.254 e. The Hall–Kier alpha value is -1.59. The molecule has 1 heterocycles. The number of nitrogens with zero attached hydrogens (tertiary/aromatic N) is 2. The standard InChI is InChI=1S/C19H30N2O3/c1-5-21(17-10-13-24-19(2,3)14-17)18(23)15-6-8-16(9-7-15)20(4)11-12-22/h6-9,17,22H,5,10-14H2,1-4H3. The van der Waals surface area contributed by atoms with E-state index in [4.69, 9.17) is 9.84 Å². The van der Waals surface area contributed by atoms with Crippen molar-refractivity contribution in [3.8, 4) is 0 Å². The first kappa shape index (κ1) is 18.7. The van der Waals surface area contributed by atoms with Gasteiger partial charge in [0.15, 0.2) is 0 Å². The summed E-state index contributed by atoms with van der Waals surface area (Å²) < 4.78 is 5.78. The van der Waals surface area contributed by atoms with Crippen LogP contribution >= 0.6 is 0 Å². The SMILES string of the molecule is CCN(C(=O)c1ccc(N(C)CCO)cc1)C1CCOC(C)(C)C1. The molecule has 0 bridgehead atoms. The van der Waals surface area contributed by atoms with E-state index in [9.17, 15) is 4.79 Å². The van der Waals surface area contributed by atoms with Crippen molar-refractivity contribution in [1.29, 1.82) is 0 Å². The van der Waals surface area contributed by atoms with Crippen molar-refractivity contribution < 1.29 is 14.6 Å². The van der Waals surface area contributed by atoms with Crippen LogP contribution in [0.5, 0.6) is 0 Å². The summed E-state index contributed by atoms with van der Waals surface area (Å²) in [5.74, 6) is 0.0801. The maximum Gasteiger partial charge on any atom is 0.254 e. The summed E-state index contributed by atoms with van der Waals surface area (Å²) in [6, 6.07) is 7.84. The summed E-state index contributed by atoms with van der Waals surface area (Å²) in [7, 11) is 1.93. The lowest BCUT2D eigenvalue weighted by atomic mass is 9.92. The maximum atomic E-state index is 12.9. The molecule has 0 spiro atoms. The Labute approximate surface area is 145 Å². The van der Waals surface area contributed by atoms with Gasteiger partial charge in [-0.05, 0) is 57.9 Å². The van der Waals surface area contributed by atoms with Crippen LogP contribution in [0.25, 0.3) is 0 Å². The van der Waals surface area contributed by atoms with Crippen molar-refractivity contribution in [2.24, 2.45) is 0 Å². The minimum absolute atomic E-state index is 0.0801. The molecular weight excluding hydrogens is 304 g/mol. The third-order valence-electron chi connectivity index (χ3n) is 4.70. The van der Waals surface area contributed by atoms with E-state index in [1.165, 1.54) is 0 Å². The van der Waals surface area contributed by atoms with Gasteiger partial charge in [-0.15, -0.1) is 0 Å². The highest BCUT2D eigenvalue weighted by Gasteiger charge is 2.33. The van der Waals surface area contributed by atoms with Gasteiger partial charge < -0.3 is 19.6 Å². The molecule has 0 radical (unpaired) electrons. The van der Waals surface area contributed by atoms with Gasteiger partial charge in [0.1, 0.15) is 0 Å². The molecule has 1 saturated heterocycles. The van der Waals surface area contributed by atoms with Crippen molar-refractivity contribution in [3.05, 3.63) is 29.8 Å². The second-order valence-electron chi connectivity index (χ2n) is 7.04. The molecule has 1 aromatic carbocycles. The number of hydrogen-bond donors (Lipinski definition) is 1. The van der Waals surface area contributed by atoms with Crippen LogP contribution in [0.15, 0.2) is 24.3 Å². The molecule has 2 rings (SSSR count). The van der Waals surface area contributed by atoms with E-state index < -0.39 is 0 Å². The molecule has 1 aliphatic heterocycles. The monoisotopic (exact) mass is 334 g/mol. The van der Waals surface area contributed by atoms with Crippen LogP contribution in [0.4, 0.5) is 5.69 Å². The van der Waals surface area contributed by atoms with Gasteiger partial charge >= 0.3 is 0 Å². The lowest BCUT2D eigenvalue weighted by molar-refractivity contribution is -0.0777. The zero-order valence-corrected chi connectivity index (χ0v) is 15.3. The van der Waals surface area contributed by atoms with Gasteiger partial charge in [-0.1, -0.05) is 0 Å². The number of amides is 1. The van der Waals surface area contributed by atoms with Crippen LogP contribution in [0.2, 0.25) is 0 Å². The van der Waals surface area contributed by atoms with Crippen LogP contribution in [0, 0.1) is 0 Å². The quantitative estimate of drug-likeness (QED) is 0.869. The molecule has 5 heteroatoms. The van der Waals surface area contributed by atoms with Gasteiger partial charge in [-0.3, -0.25) is 4.79 Å². The van der Waals surface area contributed by atoms with E-state index in [-0.39, 0.29) is 24.2 Å². The molecule has 0 aromatic heterocycles. The highest BCUT2D eigenvalue weighted by atomic mass is 16.5. The molecule has 5 nitrogen and oxygen atoms in total. The second kappa shape index (κ2) is 7.99. The highest BCUT2D eigenvalue weighted by molar-refractivity contribution is 5.94. The van der Waals surface area contributed by atoms with Gasteiger partial charge in [0.05, 0.1) is 12.2 Å². The molecule has 0 saturated carbocycles. The van der Waals surface area contributed by atoms with E-state index in [0.717, 1.165) is 18.5 Å². The average molecular weight is 334 g/mol. The van der Waals surface area contributed by atoms with Gasteiger partial charge in [0.25, 0.3) is 5.91 Å². The van der Waals surface area contributed by atoms with E-state index >= 15 is 0 Å². The summed E-state index contributed by atoms with van der Waals surface area (Å²) in [5.41, 5.74) is 1.53. The topological polar surface area (TPSA) is 53.0 Å². The number of ether oxygens (including phenoxy) is 1. The van der Waals surface area contributed by atoms with Crippen LogP contribution in [0.1, 0.15) is 44.0 Å². The molecule has 134 valence electrons. The average Bonchev–Trinajstić information content (AvgIpc) is 2.55. The van der Waals surface area contributed by atoms with Crippen LogP contribution < -0.4 is 4.90 Å². The molecule has 1 amide bonds. The number of carbonyl (C=O) groups excluding carboxylic acids is 1. The number of rotatable bonds is 6. The number of hydrogen-bond acceptors (Lipinski definition) is 4. The minimum Gasteiger partial charge on any atom is -0.395 e. The van der Waals surface area contributed by atoms with Crippen molar-refractivity contribution in [2.45, 2.75) is 45.3 Å². The van der Waals surface area contributed by atoms with E-state index in [0.29, 0.717) is 25.3 Å². The molecule has 1 unspecified atom stereocenters. The predicted molar refractivity (Wildman–Crippen MR) is 96.6 cm³/mol. The molecule has 1 aromatic rings. The number of anilines is 1. The first-order chi connectivity index (χ1) is 11.4. The summed E-state index contributed by atoms with van der Waals surface area (Å²) in [6.07, 6.45) is 1.75. The van der Waals surface area contributed by atoms with E-state index in [2.05, 4.69) is 13.8 Å². The Morgan fingerprint density at radius 3 is 2.54 bits per heavy atom. The Morgan fingerprint density at radius 2 is 2.00 bits per heavy atom. The zero-order chi connectivity index (χ0) is 17.7. The fraction of sp³-hybridized carbons (Fsp3) is 0.632. The first-order valence-electron chi connectivity index (χ1n) is 8.75. The number of aliphatic hydroxyl groups excluding tert-OH is 1. The molecule has 1 fully saturated rings. The van der Waals surface area contributed by atoms with Crippen molar-refractivity contribution in [2.75, 3.05) is 38.3 Å². The maximum absolute atomic E-state index is 12.9. The Kier molecular flexibility index (Phi) is 6.24. The van der Waals surface area contributed by atoms with Crippen LogP contribution in [0.3, 0.4) is 0 Å². The number of benzene rings is 1. The van der Waals surface area contributed by atoms with Crippen molar-refractivity contribution >= 4 is 11.6 Å². The molecule has 24 heavy (non-hydrogen) atoms. The highest BCUT2D eigenvalue weighted by Crippen LogP contribution is 2.28. The summed E-state index contributed by atoms with van der Waals surface area (Å²) in [5, 5.41) is 9.02. The Morgan fingerprint density at radius 1 is 1.33 bits per heavy atom. The molecule has 0 aliphatic carbocycles. The van der Waals surface area contributed by atoms with Gasteiger partial charge in [0, 0.05) is 44.0 Å². The molecule has 1 aliphatic rings. The van der Waals surface area contributed by atoms with E-state index in [1.54, 1.807) is 0 Å².